The Labute approximate surface area is 99.9 Å². The van der Waals surface area contributed by atoms with Crippen LogP contribution in [0.2, 0.25) is 0 Å². The van der Waals surface area contributed by atoms with Crippen LogP contribution in [0.25, 0.3) is 0 Å². The molecule has 0 spiro atoms. The minimum atomic E-state index is -0.924. The van der Waals surface area contributed by atoms with Crippen LogP contribution in [0.1, 0.15) is 13.3 Å². The van der Waals surface area contributed by atoms with E-state index in [9.17, 15) is 9.59 Å². The van der Waals surface area contributed by atoms with E-state index < -0.39 is 18.1 Å². The molecule has 0 aromatic rings. The van der Waals surface area contributed by atoms with Crippen LogP contribution in [0, 0.1) is 5.92 Å². The summed E-state index contributed by atoms with van der Waals surface area (Å²) in [6.07, 6.45) is 0.207. The van der Waals surface area contributed by atoms with Crippen molar-refractivity contribution < 1.29 is 19.4 Å². The van der Waals surface area contributed by atoms with Gasteiger partial charge in [0, 0.05) is 19.6 Å². The molecule has 17 heavy (non-hydrogen) atoms. The number of nitrogens with one attached hydrogen (secondary N) is 1. The van der Waals surface area contributed by atoms with Gasteiger partial charge in [0.2, 0.25) is 0 Å². The summed E-state index contributed by atoms with van der Waals surface area (Å²) in [6.45, 7) is 4.08. The van der Waals surface area contributed by atoms with Crippen molar-refractivity contribution >= 4 is 11.9 Å². The Bertz CT molecular complexity index is 315. The highest BCUT2D eigenvalue weighted by molar-refractivity contribution is 5.87. The summed E-state index contributed by atoms with van der Waals surface area (Å²) in [7, 11) is 0. The number of carboxylic acid groups (broad SMARTS) is 1. The number of carbonyl (C=O) groups is 2. The van der Waals surface area contributed by atoms with Crippen molar-refractivity contribution in [3.8, 4) is 0 Å². The number of aliphatic carboxylic acids is 1. The number of ether oxygens (including phenoxy) is 1. The smallest absolute Gasteiger partial charge is 0.326 e. The predicted molar refractivity (Wildman–Crippen MR) is 59.5 cm³/mol. The normalized spacial score (nSPS) is 33.7. The van der Waals surface area contributed by atoms with Crippen LogP contribution in [0.15, 0.2) is 0 Å². The van der Waals surface area contributed by atoms with Crippen LogP contribution in [-0.2, 0) is 14.3 Å². The van der Waals surface area contributed by atoms with Gasteiger partial charge in [-0.2, -0.15) is 0 Å². The average Bonchev–Trinajstić information content (AvgIpc) is 2.71. The van der Waals surface area contributed by atoms with Crippen molar-refractivity contribution in [2.45, 2.75) is 25.5 Å². The first kappa shape index (κ1) is 12.3. The van der Waals surface area contributed by atoms with E-state index in [-0.39, 0.29) is 11.8 Å². The van der Waals surface area contributed by atoms with Gasteiger partial charge in [-0.3, -0.25) is 4.79 Å². The zero-order chi connectivity index (χ0) is 12.4. The van der Waals surface area contributed by atoms with Gasteiger partial charge in [0.15, 0.2) is 0 Å². The molecular weight excluding hydrogens is 224 g/mol. The Hall–Kier alpha value is -1.14. The lowest BCUT2D eigenvalue weighted by Crippen LogP contribution is -2.52. The van der Waals surface area contributed by atoms with Crippen molar-refractivity contribution in [2.24, 2.45) is 5.92 Å². The maximum Gasteiger partial charge on any atom is 0.326 e. The van der Waals surface area contributed by atoms with Gasteiger partial charge in [0.05, 0.1) is 6.61 Å². The maximum atomic E-state index is 12.2. The minimum Gasteiger partial charge on any atom is -0.480 e. The van der Waals surface area contributed by atoms with Crippen molar-refractivity contribution in [2.75, 3.05) is 26.2 Å². The lowest BCUT2D eigenvalue weighted by Gasteiger charge is -2.30. The molecule has 0 aromatic heterocycles. The summed E-state index contributed by atoms with van der Waals surface area (Å²) in [5.41, 5.74) is 0. The first-order valence-electron chi connectivity index (χ1n) is 5.97. The molecule has 0 bridgehead atoms. The number of amides is 1. The second-order valence-electron chi connectivity index (χ2n) is 4.64. The van der Waals surface area contributed by atoms with Gasteiger partial charge in [-0.25, -0.2) is 4.79 Å². The molecule has 3 atom stereocenters. The molecule has 0 aliphatic carbocycles. The Morgan fingerprint density at radius 3 is 2.82 bits per heavy atom. The highest BCUT2D eigenvalue weighted by atomic mass is 16.5. The van der Waals surface area contributed by atoms with Crippen molar-refractivity contribution in [1.29, 1.82) is 0 Å². The van der Waals surface area contributed by atoms with Crippen LogP contribution < -0.4 is 5.32 Å². The first-order valence-corrected chi connectivity index (χ1v) is 5.97. The fourth-order valence-electron chi connectivity index (χ4n) is 2.48. The van der Waals surface area contributed by atoms with Crippen molar-refractivity contribution in [3.63, 3.8) is 0 Å². The van der Waals surface area contributed by atoms with Crippen LogP contribution in [-0.4, -0.2) is 60.3 Å². The van der Waals surface area contributed by atoms with Crippen molar-refractivity contribution in [3.05, 3.63) is 0 Å². The number of hydrogen-bond donors (Lipinski definition) is 2. The van der Waals surface area contributed by atoms with Crippen molar-refractivity contribution in [1.82, 2.24) is 10.2 Å². The van der Waals surface area contributed by atoms with E-state index in [1.54, 1.807) is 0 Å². The van der Waals surface area contributed by atoms with Gasteiger partial charge in [-0.15, -0.1) is 0 Å². The SMILES string of the molecule is CC1CCN(C(=O)C2CNCCO2)C1C(=O)O. The van der Waals surface area contributed by atoms with Crippen LogP contribution in [0.4, 0.5) is 0 Å². The molecule has 2 fully saturated rings. The van der Waals surface area contributed by atoms with Crippen LogP contribution in [0.3, 0.4) is 0 Å². The number of rotatable bonds is 2. The lowest BCUT2D eigenvalue weighted by atomic mass is 10.0. The first-order chi connectivity index (χ1) is 8.11. The van der Waals surface area contributed by atoms with E-state index in [4.69, 9.17) is 9.84 Å². The molecule has 6 nitrogen and oxygen atoms in total. The minimum absolute atomic E-state index is 0.00741. The summed E-state index contributed by atoms with van der Waals surface area (Å²) >= 11 is 0. The molecule has 2 saturated heterocycles. The summed E-state index contributed by atoms with van der Waals surface area (Å²) < 4.78 is 5.37. The fourth-order valence-corrected chi connectivity index (χ4v) is 2.48. The number of carboxylic acids is 1. The quantitative estimate of drug-likeness (QED) is 0.669. The molecule has 6 heteroatoms. The van der Waals surface area contributed by atoms with Gasteiger partial charge in [0.25, 0.3) is 5.91 Å². The largest absolute Gasteiger partial charge is 0.480 e. The monoisotopic (exact) mass is 242 g/mol. The molecule has 0 saturated carbocycles. The summed E-state index contributed by atoms with van der Waals surface area (Å²) in [5.74, 6) is -1.12. The fraction of sp³-hybridized carbons (Fsp3) is 0.818. The van der Waals surface area contributed by atoms with E-state index in [1.165, 1.54) is 4.90 Å². The molecule has 96 valence electrons. The van der Waals surface area contributed by atoms with E-state index in [1.807, 2.05) is 6.92 Å². The average molecular weight is 242 g/mol. The zero-order valence-electron chi connectivity index (χ0n) is 9.89. The van der Waals surface area contributed by atoms with Gasteiger partial charge in [-0.05, 0) is 12.3 Å². The Morgan fingerprint density at radius 2 is 2.24 bits per heavy atom. The zero-order valence-corrected chi connectivity index (χ0v) is 9.89. The second kappa shape index (κ2) is 5.01. The van der Waals surface area contributed by atoms with E-state index >= 15 is 0 Å². The Balaban J connectivity index is 2.05. The topological polar surface area (TPSA) is 78.9 Å². The number of carbonyl (C=O) groups excluding carboxylic acids is 1. The van der Waals surface area contributed by atoms with Gasteiger partial charge < -0.3 is 20.1 Å². The van der Waals surface area contributed by atoms with E-state index in [0.717, 1.165) is 13.0 Å². The Kier molecular flexibility index (Phi) is 3.63. The summed E-state index contributed by atoms with van der Waals surface area (Å²) in [4.78, 5) is 24.8. The van der Waals surface area contributed by atoms with Gasteiger partial charge >= 0.3 is 5.97 Å². The second-order valence-corrected chi connectivity index (χ2v) is 4.64. The predicted octanol–water partition coefficient (Wildman–Crippen LogP) is -0.704. The molecule has 2 N–H and O–H groups in total. The highest BCUT2D eigenvalue weighted by Crippen LogP contribution is 2.25. The molecule has 2 aliphatic heterocycles. The van der Waals surface area contributed by atoms with Crippen LogP contribution in [0.5, 0.6) is 0 Å². The molecule has 3 unspecified atom stereocenters. The molecular formula is C11H18N2O4. The molecule has 2 aliphatic rings. The van der Waals surface area contributed by atoms with E-state index in [0.29, 0.717) is 19.7 Å². The maximum absolute atomic E-state index is 12.2. The van der Waals surface area contributed by atoms with Crippen LogP contribution >= 0.6 is 0 Å². The number of likely N-dealkylation sites (tertiary alicyclic amines) is 1. The van der Waals surface area contributed by atoms with E-state index in [2.05, 4.69) is 5.32 Å². The lowest BCUT2D eigenvalue weighted by molar-refractivity contribution is -0.155. The Morgan fingerprint density at radius 1 is 1.47 bits per heavy atom. The molecule has 1 amide bonds. The molecule has 2 rings (SSSR count). The molecule has 0 radical (unpaired) electrons. The van der Waals surface area contributed by atoms with Gasteiger partial charge in [0.1, 0.15) is 12.1 Å². The summed E-state index contributed by atoms with van der Waals surface area (Å²) in [6, 6.07) is -0.701. The highest BCUT2D eigenvalue weighted by Gasteiger charge is 2.42. The molecule has 0 aromatic carbocycles. The third kappa shape index (κ3) is 2.42. The standard InChI is InChI=1S/C11H18N2O4/c1-7-2-4-13(9(7)11(15)16)10(14)8-6-12-3-5-17-8/h7-9,12H,2-6H2,1H3,(H,15,16). The number of morpholine rings is 1. The summed E-state index contributed by atoms with van der Waals surface area (Å²) in [5, 5.41) is 12.2. The molecule has 2 heterocycles. The number of hydrogen-bond acceptors (Lipinski definition) is 4. The number of nitrogens with zero attached hydrogens (tertiary/aromatic N) is 1. The third-order valence-electron chi connectivity index (χ3n) is 3.44. The third-order valence-corrected chi connectivity index (χ3v) is 3.44. The van der Waals surface area contributed by atoms with Gasteiger partial charge in [-0.1, -0.05) is 6.92 Å².